The maximum atomic E-state index is 14.6. The van der Waals surface area contributed by atoms with E-state index < -0.39 is 23.7 Å². The summed E-state index contributed by atoms with van der Waals surface area (Å²) in [5.74, 6) is -2.47. The van der Waals surface area contributed by atoms with Gasteiger partial charge in [-0.3, -0.25) is 19.3 Å². The molecule has 29 heavy (non-hydrogen) atoms. The molecule has 1 fully saturated rings. The first-order valence-corrected chi connectivity index (χ1v) is 9.55. The molecule has 8 nitrogen and oxygen atoms in total. The number of nitrogens with one attached hydrogen (secondary N) is 1. The largest absolute Gasteiger partial charge is 0.370 e. The Kier molecular flexibility index (Phi) is 7.32. The van der Waals surface area contributed by atoms with Crippen LogP contribution in [0.1, 0.15) is 27.7 Å². The molecule has 1 saturated heterocycles. The third kappa shape index (κ3) is 5.98. The Labute approximate surface area is 170 Å². The maximum absolute atomic E-state index is 14.6. The number of nitrogens with zero attached hydrogens (tertiary/aromatic N) is 2. The Morgan fingerprint density at radius 2 is 2.07 bits per heavy atom. The quantitative estimate of drug-likeness (QED) is 0.663. The summed E-state index contributed by atoms with van der Waals surface area (Å²) < 4.78 is 19.7. The highest BCUT2D eigenvalue weighted by Gasteiger charge is 2.33. The summed E-state index contributed by atoms with van der Waals surface area (Å²) in [6.07, 6.45) is 0. The number of amides is 3. The summed E-state index contributed by atoms with van der Waals surface area (Å²) in [7, 11) is 0. The number of carbonyl (C=O) groups excluding carboxylic acids is 3. The molecule has 1 aliphatic heterocycles. The van der Waals surface area contributed by atoms with Gasteiger partial charge in [-0.25, -0.2) is 4.39 Å². The van der Waals surface area contributed by atoms with E-state index in [1.165, 1.54) is 23.1 Å². The van der Waals surface area contributed by atoms with Crippen molar-refractivity contribution in [2.75, 3.05) is 43.1 Å². The first kappa shape index (κ1) is 22.8. The number of primary amides is 1. The average Bonchev–Trinajstić information content (AvgIpc) is 2.62. The van der Waals surface area contributed by atoms with Crippen LogP contribution in [0.4, 0.5) is 15.8 Å². The number of hydrogen-bond donors (Lipinski definition) is 2. The summed E-state index contributed by atoms with van der Waals surface area (Å²) >= 11 is 0. The van der Waals surface area contributed by atoms with Crippen molar-refractivity contribution in [2.24, 2.45) is 11.1 Å². The van der Waals surface area contributed by atoms with Gasteiger partial charge in [-0.2, -0.15) is 0 Å². The van der Waals surface area contributed by atoms with Crippen LogP contribution in [0, 0.1) is 11.2 Å². The van der Waals surface area contributed by atoms with Crippen molar-refractivity contribution >= 4 is 29.1 Å². The molecule has 1 aromatic carbocycles. The number of hydrogen-bond acceptors (Lipinski definition) is 5. The smallest absolute Gasteiger partial charge is 0.253 e. The number of morpholine rings is 1. The zero-order chi connectivity index (χ0) is 21.8. The van der Waals surface area contributed by atoms with Gasteiger partial charge < -0.3 is 20.7 Å². The van der Waals surface area contributed by atoms with E-state index in [2.05, 4.69) is 5.32 Å². The molecule has 0 bridgehead atoms. The third-order valence-corrected chi connectivity index (χ3v) is 4.47. The number of rotatable bonds is 7. The van der Waals surface area contributed by atoms with Gasteiger partial charge in [0.25, 0.3) is 11.8 Å². The Hall–Kier alpha value is -2.52. The van der Waals surface area contributed by atoms with Crippen LogP contribution in [0.15, 0.2) is 18.2 Å². The zero-order valence-corrected chi connectivity index (χ0v) is 17.3. The van der Waals surface area contributed by atoms with Crippen LogP contribution in [0.5, 0.6) is 0 Å². The number of carbonyl (C=O) groups is 3. The summed E-state index contributed by atoms with van der Waals surface area (Å²) in [5.41, 5.74) is 5.60. The normalized spacial score (nSPS) is 16.1. The molecule has 3 amide bonds. The molecule has 0 radical (unpaired) electrons. The molecule has 2 rings (SSSR count). The average molecular weight is 408 g/mol. The highest BCUT2D eigenvalue weighted by molar-refractivity contribution is 6.09. The summed E-state index contributed by atoms with van der Waals surface area (Å²) in [4.78, 5) is 39.7. The summed E-state index contributed by atoms with van der Waals surface area (Å²) in [5, 5.41) is 2.45. The van der Waals surface area contributed by atoms with Gasteiger partial charge in [-0.05, 0) is 30.2 Å². The van der Waals surface area contributed by atoms with Crippen molar-refractivity contribution in [1.82, 2.24) is 4.90 Å². The molecule has 0 aromatic heterocycles. The fraction of sp³-hybridized carbons (Fsp3) is 0.550. The molecular formula is C20H29FN4O4. The van der Waals surface area contributed by atoms with Crippen LogP contribution in [0.3, 0.4) is 0 Å². The molecule has 0 unspecified atom stereocenters. The number of benzene rings is 1. The summed E-state index contributed by atoms with van der Waals surface area (Å²) in [6, 6.07) is 2.85. The Bertz CT molecular complexity index is 778. The fourth-order valence-electron chi connectivity index (χ4n) is 3.24. The number of halogens is 1. The number of ether oxygens (including phenoxy) is 1. The van der Waals surface area contributed by atoms with Crippen LogP contribution >= 0.6 is 0 Å². The van der Waals surface area contributed by atoms with E-state index in [0.29, 0.717) is 31.9 Å². The molecule has 160 valence electrons. The predicted molar refractivity (Wildman–Crippen MR) is 108 cm³/mol. The fourth-order valence-corrected chi connectivity index (χ4v) is 3.24. The molecule has 3 N–H and O–H groups in total. The Morgan fingerprint density at radius 3 is 2.59 bits per heavy atom. The third-order valence-electron chi connectivity index (χ3n) is 4.47. The van der Waals surface area contributed by atoms with Gasteiger partial charge in [0.05, 0.1) is 12.3 Å². The minimum Gasteiger partial charge on any atom is -0.370 e. The maximum Gasteiger partial charge on any atom is 0.253 e. The topological polar surface area (TPSA) is 105 Å². The van der Waals surface area contributed by atoms with E-state index in [-0.39, 0.29) is 23.6 Å². The molecule has 0 spiro atoms. The minimum absolute atomic E-state index is 0.0545. The Balaban J connectivity index is 2.19. The van der Waals surface area contributed by atoms with Crippen LogP contribution < -0.4 is 16.0 Å². The lowest BCUT2D eigenvalue weighted by Gasteiger charge is -2.33. The molecule has 0 saturated carbocycles. The van der Waals surface area contributed by atoms with Crippen LogP contribution in [-0.4, -0.2) is 61.5 Å². The highest BCUT2D eigenvalue weighted by Crippen LogP contribution is 2.24. The summed E-state index contributed by atoms with van der Waals surface area (Å²) in [6.45, 7) is 9.30. The monoisotopic (exact) mass is 408 g/mol. The lowest BCUT2D eigenvalue weighted by atomic mass is 9.95. The van der Waals surface area contributed by atoms with Gasteiger partial charge in [0.1, 0.15) is 12.4 Å². The van der Waals surface area contributed by atoms with Crippen molar-refractivity contribution in [3.8, 4) is 0 Å². The second-order valence-electron chi connectivity index (χ2n) is 8.18. The molecule has 0 aliphatic carbocycles. The second-order valence-corrected chi connectivity index (χ2v) is 8.18. The van der Waals surface area contributed by atoms with Crippen molar-refractivity contribution in [3.63, 3.8) is 0 Å². The lowest BCUT2D eigenvalue weighted by molar-refractivity contribution is -0.133. The van der Waals surface area contributed by atoms with Gasteiger partial charge >= 0.3 is 0 Å². The van der Waals surface area contributed by atoms with E-state index in [0.717, 1.165) is 0 Å². The zero-order valence-electron chi connectivity index (χ0n) is 17.3. The molecular weight excluding hydrogens is 379 g/mol. The lowest BCUT2D eigenvalue weighted by Crippen LogP contribution is -2.54. The number of likely N-dealkylation sites (N-methyl/N-ethyl adjacent to an activating group) is 1. The standard InChI is InChI=1S/C20H29FN4O4/c1-5-24(12-20(2,3)4)17(18(22)27)19(28)23-15-7-6-13(10-14(15)21)25-8-9-29-11-16(25)26/h6-7,10,17H,5,8-9,11-12H2,1-4H3,(H2,22,27)(H,23,28)/t17-/m1/s1. The van der Waals surface area contributed by atoms with E-state index in [1.54, 1.807) is 4.90 Å². The van der Waals surface area contributed by atoms with Crippen LogP contribution in [0.25, 0.3) is 0 Å². The predicted octanol–water partition coefficient (Wildman–Crippen LogP) is 1.35. The van der Waals surface area contributed by atoms with Crippen molar-refractivity contribution in [2.45, 2.75) is 33.7 Å². The molecule has 1 aromatic rings. The minimum atomic E-state index is -1.22. The van der Waals surface area contributed by atoms with E-state index >= 15 is 0 Å². The van der Waals surface area contributed by atoms with E-state index in [1.807, 2.05) is 27.7 Å². The van der Waals surface area contributed by atoms with Gasteiger partial charge in [0.15, 0.2) is 6.04 Å². The van der Waals surface area contributed by atoms with Crippen LogP contribution in [0.2, 0.25) is 0 Å². The first-order chi connectivity index (χ1) is 13.5. The number of nitrogens with two attached hydrogens (primary N) is 1. The van der Waals surface area contributed by atoms with Gasteiger partial charge in [0.2, 0.25) is 5.91 Å². The van der Waals surface area contributed by atoms with Gasteiger partial charge in [0, 0.05) is 18.8 Å². The molecule has 1 atom stereocenters. The molecule has 9 heteroatoms. The first-order valence-electron chi connectivity index (χ1n) is 9.55. The van der Waals surface area contributed by atoms with Crippen LogP contribution in [-0.2, 0) is 19.1 Å². The van der Waals surface area contributed by atoms with Crippen molar-refractivity contribution < 1.29 is 23.5 Å². The SMILES string of the molecule is CCN(CC(C)(C)C)[C@H](C(N)=O)C(=O)Nc1ccc(N2CCOCC2=O)cc1F. The van der Waals surface area contributed by atoms with Crippen molar-refractivity contribution in [3.05, 3.63) is 24.0 Å². The second kappa shape index (κ2) is 9.32. The van der Waals surface area contributed by atoms with E-state index in [9.17, 15) is 18.8 Å². The van der Waals surface area contributed by atoms with Gasteiger partial charge in [-0.1, -0.05) is 27.7 Å². The number of anilines is 2. The van der Waals surface area contributed by atoms with Gasteiger partial charge in [-0.15, -0.1) is 0 Å². The van der Waals surface area contributed by atoms with Crippen molar-refractivity contribution in [1.29, 1.82) is 0 Å². The Morgan fingerprint density at radius 1 is 1.38 bits per heavy atom. The molecule has 1 heterocycles. The van der Waals surface area contributed by atoms with E-state index in [4.69, 9.17) is 10.5 Å². The highest BCUT2D eigenvalue weighted by atomic mass is 19.1. The molecule has 1 aliphatic rings.